The van der Waals surface area contributed by atoms with Crippen LogP contribution in [0, 0.1) is 0 Å². The third kappa shape index (κ3) is 4.08. The fraction of sp³-hybridized carbons (Fsp3) is 0.545. The number of ether oxygens (including phenoxy) is 1. The molecule has 17 heavy (non-hydrogen) atoms. The highest BCUT2D eigenvalue weighted by Crippen LogP contribution is 2.07. The average molecular weight is 236 g/mol. The largest absolute Gasteiger partial charge is 0.368 e. The fourth-order valence-electron chi connectivity index (χ4n) is 1.70. The maximum absolute atomic E-state index is 11.5. The van der Waals surface area contributed by atoms with Gasteiger partial charge in [0.2, 0.25) is 0 Å². The summed E-state index contributed by atoms with van der Waals surface area (Å²) in [6, 6.07) is 3.41. The first-order valence-corrected chi connectivity index (χ1v) is 5.74. The van der Waals surface area contributed by atoms with Crippen molar-refractivity contribution in [1.82, 2.24) is 15.5 Å². The molecule has 1 saturated heterocycles. The first-order chi connectivity index (χ1) is 8.34. The molecule has 0 bridgehead atoms. The molecule has 0 saturated carbocycles. The Kier molecular flexibility index (Phi) is 4.40. The number of anilines is 1. The number of nitrogens with zero attached hydrogens (tertiary/aromatic N) is 2. The van der Waals surface area contributed by atoms with E-state index in [-0.39, 0.29) is 18.6 Å². The van der Waals surface area contributed by atoms with Gasteiger partial charge < -0.3 is 15.4 Å². The molecule has 0 aromatic carbocycles. The summed E-state index contributed by atoms with van der Waals surface area (Å²) in [4.78, 5) is 11.5. The van der Waals surface area contributed by atoms with Gasteiger partial charge in [-0.25, -0.2) is 0 Å². The van der Waals surface area contributed by atoms with Crippen molar-refractivity contribution in [2.75, 3.05) is 25.0 Å². The summed E-state index contributed by atoms with van der Waals surface area (Å²) in [5, 5.41) is 13.3. The van der Waals surface area contributed by atoms with Gasteiger partial charge in [-0.3, -0.25) is 4.79 Å². The van der Waals surface area contributed by atoms with Gasteiger partial charge in [0.05, 0.1) is 6.10 Å². The molecule has 1 aliphatic rings. The second-order valence-corrected chi connectivity index (χ2v) is 3.92. The number of carbonyl (C=O) groups excluding carboxylic acids is 1. The van der Waals surface area contributed by atoms with Crippen molar-refractivity contribution in [2.24, 2.45) is 0 Å². The van der Waals surface area contributed by atoms with Crippen molar-refractivity contribution < 1.29 is 9.53 Å². The van der Waals surface area contributed by atoms with Gasteiger partial charge in [-0.1, -0.05) is 0 Å². The lowest BCUT2D eigenvalue weighted by molar-refractivity contribution is -0.123. The van der Waals surface area contributed by atoms with Crippen LogP contribution in [0.1, 0.15) is 12.8 Å². The number of hydrogen-bond donors (Lipinski definition) is 2. The van der Waals surface area contributed by atoms with Gasteiger partial charge in [-0.05, 0) is 38.1 Å². The van der Waals surface area contributed by atoms with E-state index in [1.807, 2.05) is 0 Å². The van der Waals surface area contributed by atoms with Crippen LogP contribution in [0.15, 0.2) is 18.3 Å². The molecule has 2 heterocycles. The fourth-order valence-corrected chi connectivity index (χ4v) is 1.70. The van der Waals surface area contributed by atoms with E-state index in [0.29, 0.717) is 5.82 Å². The molecule has 0 aliphatic carbocycles. The molecule has 1 fully saturated rings. The second kappa shape index (κ2) is 6.27. The van der Waals surface area contributed by atoms with Crippen LogP contribution < -0.4 is 10.6 Å². The third-order valence-corrected chi connectivity index (χ3v) is 2.58. The van der Waals surface area contributed by atoms with Gasteiger partial charge in [0.1, 0.15) is 6.61 Å². The van der Waals surface area contributed by atoms with E-state index in [1.54, 1.807) is 18.3 Å². The van der Waals surface area contributed by atoms with Crippen molar-refractivity contribution >= 4 is 11.7 Å². The van der Waals surface area contributed by atoms with Crippen molar-refractivity contribution in [1.29, 1.82) is 0 Å². The molecule has 2 N–H and O–H groups in total. The number of aromatic nitrogens is 2. The molecule has 0 radical (unpaired) electrons. The molecule has 2 rings (SSSR count). The quantitative estimate of drug-likeness (QED) is 0.780. The first-order valence-electron chi connectivity index (χ1n) is 5.74. The summed E-state index contributed by atoms with van der Waals surface area (Å²) in [7, 11) is 0. The van der Waals surface area contributed by atoms with Crippen molar-refractivity contribution in [3.8, 4) is 0 Å². The van der Waals surface area contributed by atoms with Gasteiger partial charge in [-0.2, -0.15) is 5.10 Å². The van der Waals surface area contributed by atoms with Crippen LogP contribution >= 0.6 is 0 Å². The number of hydrogen-bond acceptors (Lipinski definition) is 5. The van der Waals surface area contributed by atoms with E-state index in [9.17, 15) is 4.79 Å². The van der Waals surface area contributed by atoms with E-state index in [4.69, 9.17) is 4.74 Å². The van der Waals surface area contributed by atoms with Crippen LogP contribution in [0.2, 0.25) is 0 Å². The molecule has 0 spiro atoms. The van der Waals surface area contributed by atoms with Gasteiger partial charge in [-0.15, -0.1) is 5.10 Å². The van der Waals surface area contributed by atoms with Crippen molar-refractivity contribution in [3.05, 3.63) is 18.3 Å². The summed E-state index contributed by atoms with van der Waals surface area (Å²) < 4.78 is 5.52. The summed E-state index contributed by atoms with van der Waals surface area (Å²) >= 11 is 0. The standard InChI is InChI=1S/C11H16N4O2/c16-11(14-10-2-1-5-13-15-10)8-17-9-3-6-12-7-4-9/h1-2,5,9,12H,3-4,6-8H2,(H,14,15,16). The zero-order valence-corrected chi connectivity index (χ0v) is 9.56. The Morgan fingerprint density at radius 3 is 3.06 bits per heavy atom. The van der Waals surface area contributed by atoms with E-state index in [1.165, 1.54) is 0 Å². The summed E-state index contributed by atoms with van der Waals surface area (Å²) in [6.07, 6.45) is 3.65. The first kappa shape index (κ1) is 11.9. The molecule has 6 heteroatoms. The molecule has 1 aromatic rings. The molecule has 92 valence electrons. The second-order valence-electron chi connectivity index (χ2n) is 3.92. The van der Waals surface area contributed by atoms with Gasteiger partial charge >= 0.3 is 0 Å². The van der Waals surface area contributed by atoms with Crippen molar-refractivity contribution in [3.63, 3.8) is 0 Å². The monoisotopic (exact) mass is 236 g/mol. The topological polar surface area (TPSA) is 76.1 Å². The van der Waals surface area contributed by atoms with Crippen LogP contribution in [0.4, 0.5) is 5.82 Å². The SMILES string of the molecule is O=C(COC1CCNCC1)Nc1cccnn1. The molecule has 1 amide bonds. The Morgan fingerprint density at radius 1 is 1.53 bits per heavy atom. The smallest absolute Gasteiger partial charge is 0.251 e. The van der Waals surface area contributed by atoms with Crippen LogP contribution in [0.5, 0.6) is 0 Å². The lowest BCUT2D eigenvalue weighted by atomic mass is 10.1. The molecular weight excluding hydrogens is 220 g/mol. The van der Waals surface area contributed by atoms with Gasteiger partial charge in [0, 0.05) is 6.20 Å². The zero-order chi connectivity index (χ0) is 11.9. The highest BCUT2D eigenvalue weighted by atomic mass is 16.5. The van der Waals surface area contributed by atoms with Gasteiger partial charge in [0.25, 0.3) is 5.91 Å². The number of piperidine rings is 1. The van der Waals surface area contributed by atoms with Crippen LogP contribution in [-0.4, -0.2) is 41.9 Å². The highest BCUT2D eigenvalue weighted by molar-refractivity contribution is 5.90. The van der Waals surface area contributed by atoms with E-state index >= 15 is 0 Å². The number of nitrogens with one attached hydrogen (secondary N) is 2. The molecule has 0 atom stereocenters. The van der Waals surface area contributed by atoms with E-state index in [0.717, 1.165) is 25.9 Å². The maximum atomic E-state index is 11.5. The minimum absolute atomic E-state index is 0.0707. The Morgan fingerprint density at radius 2 is 2.35 bits per heavy atom. The Labute approximate surface area is 99.8 Å². The molecule has 1 aliphatic heterocycles. The van der Waals surface area contributed by atoms with Crippen molar-refractivity contribution in [2.45, 2.75) is 18.9 Å². The zero-order valence-electron chi connectivity index (χ0n) is 9.56. The van der Waals surface area contributed by atoms with E-state index < -0.39 is 0 Å². The molecule has 6 nitrogen and oxygen atoms in total. The molecular formula is C11H16N4O2. The number of carbonyl (C=O) groups is 1. The summed E-state index contributed by atoms with van der Waals surface area (Å²) in [6.45, 7) is 1.98. The number of rotatable bonds is 4. The summed E-state index contributed by atoms with van der Waals surface area (Å²) in [5.41, 5.74) is 0. The third-order valence-electron chi connectivity index (χ3n) is 2.58. The lowest BCUT2D eigenvalue weighted by Crippen LogP contribution is -2.34. The van der Waals surface area contributed by atoms with Gasteiger partial charge in [0.15, 0.2) is 5.82 Å². The highest BCUT2D eigenvalue weighted by Gasteiger charge is 2.14. The predicted octanol–water partition coefficient (Wildman–Crippen LogP) is 0.184. The Balaban J connectivity index is 1.70. The van der Waals surface area contributed by atoms with Crippen LogP contribution in [0.3, 0.4) is 0 Å². The van der Waals surface area contributed by atoms with Crippen LogP contribution in [-0.2, 0) is 9.53 Å². The minimum atomic E-state index is -0.191. The minimum Gasteiger partial charge on any atom is -0.368 e. The number of amides is 1. The van der Waals surface area contributed by atoms with Crippen LogP contribution in [0.25, 0.3) is 0 Å². The molecule has 0 unspecified atom stereocenters. The average Bonchev–Trinajstić information content (AvgIpc) is 2.39. The lowest BCUT2D eigenvalue weighted by Gasteiger charge is -2.22. The Bertz CT molecular complexity index is 352. The predicted molar refractivity (Wildman–Crippen MR) is 62.5 cm³/mol. The summed E-state index contributed by atoms with van der Waals surface area (Å²) in [5.74, 6) is 0.260. The maximum Gasteiger partial charge on any atom is 0.251 e. The Hall–Kier alpha value is -1.53. The van der Waals surface area contributed by atoms with E-state index in [2.05, 4.69) is 20.8 Å². The molecule has 1 aromatic heterocycles. The normalized spacial score (nSPS) is 16.7.